The van der Waals surface area contributed by atoms with Gasteiger partial charge in [-0.25, -0.2) is 9.97 Å². The highest BCUT2D eigenvalue weighted by atomic mass is 15.0. The summed E-state index contributed by atoms with van der Waals surface area (Å²) >= 11 is 0. The zero-order valence-electron chi connectivity index (χ0n) is 26.2. The lowest BCUT2D eigenvalue weighted by atomic mass is 10.0. The van der Waals surface area contributed by atoms with Crippen molar-refractivity contribution in [2.45, 2.75) is 13.8 Å². The van der Waals surface area contributed by atoms with Crippen molar-refractivity contribution < 1.29 is 0 Å². The number of allylic oxidation sites excluding steroid dienone is 2. The minimum absolute atomic E-state index is 0.618. The molecule has 5 aromatic carbocycles. The van der Waals surface area contributed by atoms with Crippen LogP contribution in [0.25, 0.3) is 82.7 Å². The van der Waals surface area contributed by atoms with E-state index in [1.165, 1.54) is 16.2 Å². The lowest BCUT2D eigenvalue weighted by Crippen LogP contribution is -1.98. The van der Waals surface area contributed by atoms with E-state index in [0.29, 0.717) is 5.82 Å². The van der Waals surface area contributed by atoms with Gasteiger partial charge >= 0.3 is 0 Å². The van der Waals surface area contributed by atoms with E-state index in [-0.39, 0.29) is 0 Å². The molecule has 0 atom stereocenters. The molecule has 0 aliphatic heterocycles. The summed E-state index contributed by atoms with van der Waals surface area (Å²) < 4.78 is 2.27. The van der Waals surface area contributed by atoms with E-state index in [1.807, 2.05) is 56.6 Å². The molecule has 0 bridgehead atoms. The van der Waals surface area contributed by atoms with Crippen LogP contribution in [0.3, 0.4) is 0 Å². The molecule has 224 valence electrons. The van der Waals surface area contributed by atoms with Crippen LogP contribution in [-0.4, -0.2) is 24.5 Å². The third kappa shape index (κ3) is 4.99. The summed E-state index contributed by atoms with van der Waals surface area (Å²) in [5.41, 5.74) is 6.89. The van der Waals surface area contributed by atoms with E-state index in [9.17, 15) is 0 Å². The summed E-state index contributed by atoms with van der Waals surface area (Å²) in [4.78, 5) is 19.5. The molecule has 47 heavy (non-hydrogen) atoms. The number of para-hydroxylation sites is 2. The van der Waals surface area contributed by atoms with Crippen LogP contribution in [-0.2, 0) is 0 Å². The van der Waals surface area contributed by atoms with Crippen molar-refractivity contribution in [1.29, 1.82) is 0 Å². The summed E-state index contributed by atoms with van der Waals surface area (Å²) in [6.07, 6.45) is 9.56. The van der Waals surface area contributed by atoms with Crippen LogP contribution in [0.4, 0.5) is 0 Å². The van der Waals surface area contributed by atoms with Gasteiger partial charge in [0.2, 0.25) is 0 Å². The molecule has 0 N–H and O–H groups in total. The second-order valence-corrected chi connectivity index (χ2v) is 11.5. The normalized spacial score (nSPS) is 11.5. The Kier molecular flexibility index (Phi) is 7.19. The van der Waals surface area contributed by atoms with Crippen molar-refractivity contribution in [1.82, 2.24) is 24.5 Å². The molecule has 0 unspecified atom stereocenters. The average molecular weight is 606 g/mol. The van der Waals surface area contributed by atoms with E-state index in [2.05, 4.69) is 113 Å². The average Bonchev–Trinajstić information content (AvgIpc) is 3.47. The van der Waals surface area contributed by atoms with Gasteiger partial charge in [-0.2, -0.15) is 0 Å². The summed E-state index contributed by atoms with van der Waals surface area (Å²) in [5, 5.41) is 7.88. The van der Waals surface area contributed by atoms with Crippen LogP contribution >= 0.6 is 0 Å². The van der Waals surface area contributed by atoms with Gasteiger partial charge in [-0.15, -0.1) is 0 Å². The molecule has 0 aliphatic carbocycles. The Morgan fingerprint density at radius 1 is 0.532 bits per heavy atom. The fourth-order valence-corrected chi connectivity index (χ4v) is 6.33. The van der Waals surface area contributed by atoms with Crippen LogP contribution < -0.4 is 0 Å². The molecule has 0 amide bonds. The van der Waals surface area contributed by atoms with Crippen molar-refractivity contribution in [3.8, 4) is 28.5 Å². The Morgan fingerprint density at radius 2 is 1.28 bits per heavy atom. The van der Waals surface area contributed by atoms with E-state index in [1.54, 1.807) is 6.20 Å². The molecular formula is C42H31N5. The number of pyridine rings is 2. The van der Waals surface area contributed by atoms with Gasteiger partial charge in [-0.05, 0) is 84.6 Å². The van der Waals surface area contributed by atoms with Crippen molar-refractivity contribution in [2.24, 2.45) is 0 Å². The molecule has 9 aromatic rings. The Balaban J connectivity index is 0.000000769. The number of aromatic nitrogens is 5. The summed E-state index contributed by atoms with van der Waals surface area (Å²) in [6.45, 7) is 4.00. The molecule has 0 saturated heterocycles. The fourth-order valence-electron chi connectivity index (χ4n) is 6.33. The summed E-state index contributed by atoms with van der Waals surface area (Å²) in [5.74, 6) is 0.618. The minimum Gasteiger partial charge on any atom is -0.308 e. The second-order valence-electron chi connectivity index (χ2n) is 11.5. The highest BCUT2D eigenvalue weighted by Crippen LogP contribution is 2.37. The predicted molar refractivity (Wildman–Crippen MR) is 196 cm³/mol. The van der Waals surface area contributed by atoms with Crippen LogP contribution in [0, 0.1) is 0 Å². The van der Waals surface area contributed by atoms with Crippen LogP contribution in [0.2, 0.25) is 0 Å². The maximum atomic E-state index is 5.23. The fraction of sp³-hybridized carbons (Fsp3) is 0.0476. The number of hydrogen-bond donors (Lipinski definition) is 0. The third-order valence-electron chi connectivity index (χ3n) is 8.63. The first-order valence-electron chi connectivity index (χ1n) is 15.8. The monoisotopic (exact) mass is 605 g/mol. The topological polar surface area (TPSA) is 56.5 Å². The quantitative estimate of drug-likeness (QED) is 0.148. The first-order chi connectivity index (χ1) is 23.2. The number of fused-ring (bicyclic) bond motifs is 6. The highest BCUT2D eigenvalue weighted by molar-refractivity contribution is 6.11. The molecule has 4 aromatic heterocycles. The van der Waals surface area contributed by atoms with Gasteiger partial charge in [0.1, 0.15) is 5.69 Å². The molecule has 0 aliphatic rings. The number of hydrogen-bond acceptors (Lipinski definition) is 4. The smallest absolute Gasteiger partial charge is 0.179 e. The number of rotatable bonds is 3. The van der Waals surface area contributed by atoms with Gasteiger partial charge in [-0.3, -0.25) is 9.97 Å². The van der Waals surface area contributed by atoms with E-state index in [0.717, 1.165) is 60.7 Å². The van der Waals surface area contributed by atoms with Crippen LogP contribution in [0.15, 0.2) is 152 Å². The van der Waals surface area contributed by atoms with Crippen molar-refractivity contribution in [3.63, 3.8) is 0 Å². The zero-order chi connectivity index (χ0) is 31.7. The van der Waals surface area contributed by atoms with Gasteiger partial charge in [0.25, 0.3) is 0 Å². The van der Waals surface area contributed by atoms with Crippen molar-refractivity contribution >= 4 is 54.3 Å². The van der Waals surface area contributed by atoms with E-state index >= 15 is 0 Å². The van der Waals surface area contributed by atoms with Gasteiger partial charge in [0.05, 0.1) is 34.1 Å². The highest BCUT2D eigenvalue weighted by Gasteiger charge is 2.17. The standard InChI is InChI=1S/C38H23N5.C4H8/c1-2-9-25-21-31-26(20-24(25)8-1)17-19-40-37(31)38-41-33-13-5-3-12-30(33)36(42-38)27-15-16-35-32(22-27)29-11-4-6-14-34(29)43(35)28-10-7-18-39-23-28;1-3-4-2/h1-23H;3-4H,1-2H3/b;4-3-. The molecular weight excluding hydrogens is 574 g/mol. The van der Waals surface area contributed by atoms with Crippen LogP contribution in [0.1, 0.15) is 13.8 Å². The molecule has 9 rings (SSSR count). The van der Waals surface area contributed by atoms with Gasteiger partial charge < -0.3 is 4.57 Å². The van der Waals surface area contributed by atoms with Crippen LogP contribution in [0.5, 0.6) is 0 Å². The third-order valence-corrected chi connectivity index (χ3v) is 8.63. The number of nitrogens with zero attached hydrogens (tertiary/aromatic N) is 5. The maximum absolute atomic E-state index is 5.23. The molecule has 4 heterocycles. The molecule has 0 radical (unpaired) electrons. The maximum Gasteiger partial charge on any atom is 0.179 e. The lowest BCUT2D eigenvalue weighted by Gasteiger charge is -2.12. The first-order valence-corrected chi connectivity index (χ1v) is 15.8. The van der Waals surface area contributed by atoms with E-state index in [4.69, 9.17) is 15.0 Å². The van der Waals surface area contributed by atoms with E-state index < -0.39 is 0 Å². The van der Waals surface area contributed by atoms with Gasteiger partial charge in [0.15, 0.2) is 5.82 Å². The molecule has 0 spiro atoms. The molecule has 5 heteroatoms. The van der Waals surface area contributed by atoms with Crippen molar-refractivity contribution in [2.75, 3.05) is 0 Å². The summed E-state index contributed by atoms with van der Waals surface area (Å²) in [6, 6.07) is 42.3. The molecule has 0 saturated carbocycles. The Labute approximate surface area is 272 Å². The Bertz CT molecular complexity index is 2600. The zero-order valence-corrected chi connectivity index (χ0v) is 26.2. The first kappa shape index (κ1) is 28.3. The molecule has 0 fully saturated rings. The largest absolute Gasteiger partial charge is 0.308 e. The number of benzene rings is 5. The minimum atomic E-state index is 0.618. The lowest BCUT2D eigenvalue weighted by molar-refractivity contribution is 1.14. The summed E-state index contributed by atoms with van der Waals surface area (Å²) in [7, 11) is 0. The Hall–Kier alpha value is -6.20. The van der Waals surface area contributed by atoms with Crippen molar-refractivity contribution in [3.05, 3.63) is 152 Å². The van der Waals surface area contributed by atoms with Gasteiger partial charge in [0, 0.05) is 39.5 Å². The Morgan fingerprint density at radius 3 is 2.09 bits per heavy atom. The second kappa shape index (κ2) is 12.0. The predicted octanol–water partition coefficient (Wildman–Crippen LogP) is 10.7. The SMILES string of the molecule is C/C=C\C.c1cncc(-n2c3ccccc3c3cc(-c4nc(-c5nccc6cc7ccccc7cc56)nc5ccccc45)ccc32)c1. The molecule has 5 nitrogen and oxygen atoms in total. The van der Waals surface area contributed by atoms with Gasteiger partial charge in [-0.1, -0.05) is 78.9 Å².